The first-order valence-electron chi connectivity index (χ1n) is 5.49. The van der Waals surface area contributed by atoms with Crippen molar-refractivity contribution in [1.29, 1.82) is 0 Å². The van der Waals surface area contributed by atoms with Gasteiger partial charge in [-0.1, -0.05) is 18.2 Å². The summed E-state index contributed by atoms with van der Waals surface area (Å²) >= 11 is 0. The fourth-order valence-electron chi connectivity index (χ4n) is 1.43. The van der Waals surface area contributed by atoms with Crippen molar-refractivity contribution in [2.45, 2.75) is 13.2 Å². The van der Waals surface area contributed by atoms with Gasteiger partial charge in [-0.3, -0.25) is 5.73 Å². The zero-order valence-electron chi connectivity index (χ0n) is 9.67. The minimum atomic E-state index is -0.309. The monoisotopic (exact) mass is 229 g/mol. The largest absolute Gasteiger partial charge is 0.476 e. The van der Waals surface area contributed by atoms with Crippen LogP contribution in [0.15, 0.2) is 54.6 Å². The van der Waals surface area contributed by atoms with E-state index in [1.807, 2.05) is 54.6 Å². The number of rotatable bonds is 4. The van der Waals surface area contributed by atoms with Crippen LogP contribution in [0, 0.1) is 0 Å². The molecule has 0 fully saturated rings. The lowest BCUT2D eigenvalue weighted by Gasteiger charge is -2.10. The maximum atomic E-state index is 5.65. The maximum Gasteiger partial charge on any atom is 0.144 e. The topological polar surface area (TPSA) is 44.5 Å². The normalized spacial score (nSPS) is 11.9. The third kappa shape index (κ3) is 3.50. The Hall–Kier alpha value is -2.00. The SMILES string of the molecule is CC(N)Oc1ccc(Oc2ccccc2)cc1. The highest BCUT2D eigenvalue weighted by Gasteiger charge is 1.99. The molecule has 0 aliphatic rings. The average molecular weight is 229 g/mol. The van der Waals surface area contributed by atoms with Crippen LogP contribution in [0.25, 0.3) is 0 Å². The summed E-state index contributed by atoms with van der Waals surface area (Å²) in [5.74, 6) is 2.32. The van der Waals surface area contributed by atoms with Crippen molar-refractivity contribution in [1.82, 2.24) is 0 Å². The molecule has 17 heavy (non-hydrogen) atoms. The Morgan fingerprint density at radius 2 is 1.35 bits per heavy atom. The smallest absolute Gasteiger partial charge is 0.144 e. The van der Waals surface area contributed by atoms with Gasteiger partial charge in [-0.15, -0.1) is 0 Å². The highest BCUT2D eigenvalue weighted by Crippen LogP contribution is 2.23. The summed E-state index contributed by atoms with van der Waals surface area (Å²) in [7, 11) is 0. The van der Waals surface area contributed by atoms with Gasteiger partial charge in [-0.05, 0) is 43.3 Å². The van der Waals surface area contributed by atoms with E-state index in [4.69, 9.17) is 15.2 Å². The Morgan fingerprint density at radius 1 is 0.824 bits per heavy atom. The number of nitrogens with two attached hydrogens (primary N) is 1. The van der Waals surface area contributed by atoms with Crippen LogP contribution in [-0.2, 0) is 0 Å². The first-order chi connectivity index (χ1) is 8.24. The van der Waals surface area contributed by atoms with Crippen LogP contribution in [-0.4, -0.2) is 6.23 Å². The molecular formula is C14H15NO2. The summed E-state index contributed by atoms with van der Waals surface area (Å²) < 4.78 is 11.0. The van der Waals surface area contributed by atoms with Crippen LogP contribution in [0.3, 0.4) is 0 Å². The molecule has 0 aliphatic heterocycles. The lowest BCUT2D eigenvalue weighted by atomic mass is 10.3. The third-order valence-corrected chi connectivity index (χ3v) is 2.12. The summed E-state index contributed by atoms with van der Waals surface area (Å²) in [6.07, 6.45) is -0.309. The van der Waals surface area contributed by atoms with Crippen molar-refractivity contribution in [3.63, 3.8) is 0 Å². The number of hydrogen-bond donors (Lipinski definition) is 1. The maximum absolute atomic E-state index is 5.65. The number of ether oxygens (including phenoxy) is 2. The molecular weight excluding hydrogens is 214 g/mol. The first kappa shape index (κ1) is 11.5. The van der Waals surface area contributed by atoms with Gasteiger partial charge in [0.1, 0.15) is 23.5 Å². The van der Waals surface area contributed by atoms with Gasteiger partial charge in [-0.2, -0.15) is 0 Å². The predicted octanol–water partition coefficient (Wildman–Crippen LogP) is 3.16. The van der Waals surface area contributed by atoms with Crippen molar-refractivity contribution in [3.8, 4) is 17.2 Å². The van der Waals surface area contributed by atoms with Crippen molar-refractivity contribution in [2.75, 3.05) is 0 Å². The second-order valence-electron chi connectivity index (χ2n) is 3.71. The molecule has 3 nitrogen and oxygen atoms in total. The van der Waals surface area contributed by atoms with Crippen LogP contribution in [0.2, 0.25) is 0 Å². The molecule has 1 unspecified atom stereocenters. The molecule has 2 aromatic rings. The molecule has 0 saturated carbocycles. The van der Waals surface area contributed by atoms with Crippen molar-refractivity contribution >= 4 is 0 Å². The van der Waals surface area contributed by atoms with Crippen LogP contribution in [0.5, 0.6) is 17.2 Å². The molecule has 0 radical (unpaired) electrons. The summed E-state index contributed by atoms with van der Waals surface area (Å²) in [5.41, 5.74) is 5.53. The molecule has 1 atom stereocenters. The van der Waals surface area contributed by atoms with E-state index >= 15 is 0 Å². The molecule has 2 N–H and O–H groups in total. The van der Waals surface area contributed by atoms with E-state index in [1.165, 1.54) is 0 Å². The molecule has 2 aromatic carbocycles. The Bertz CT molecular complexity index is 451. The second-order valence-corrected chi connectivity index (χ2v) is 3.71. The van der Waals surface area contributed by atoms with Crippen molar-refractivity contribution < 1.29 is 9.47 Å². The Morgan fingerprint density at radius 3 is 1.94 bits per heavy atom. The lowest BCUT2D eigenvalue weighted by Crippen LogP contribution is -2.22. The molecule has 0 saturated heterocycles. The van der Waals surface area contributed by atoms with Gasteiger partial charge in [0.05, 0.1) is 0 Å². The van der Waals surface area contributed by atoms with Gasteiger partial charge in [0.25, 0.3) is 0 Å². The van der Waals surface area contributed by atoms with Gasteiger partial charge in [0.15, 0.2) is 0 Å². The van der Waals surface area contributed by atoms with E-state index < -0.39 is 0 Å². The van der Waals surface area contributed by atoms with Gasteiger partial charge >= 0.3 is 0 Å². The zero-order chi connectivity index (χ0) is 12.1. The third-order valence-electron chi connectivity index (χ3n) is 2.12. The summed E-state index contributed by atoms with van der Waals surface area (Å²) in [6, 6.07) is 17.0. The second kappa shape index (κ2) is 5.37. The molecule has 0 spiro atoms. The Kier molecular flexibility index (Phi) is 3.62. The average Bonchev–Trinajstić information content (AvgIpc) is 2.32. The van der Waals surface area contributed by atoms with E-state index in [0.29, 0.717) is 0 Å². The zero-order valence-corrected chi connectivity index (χ0v) is 9.67. The predicted molar refractivity (Wildman–Crippen MR) is 67.2 cm³/mol. The van der Waals surface area contributed by atoms with E-state index in [0.717, 1.165) is 17.2 Å². The molecule has 3 heteroatoms. The molecule has 2 rings (SSSR count). The Labute approximate surface area is 101 Å². The van der Waals surface area contributed by atoms with Gasteiger partial charge in [-0.25, -0.2) is 0 Å². The van der Waals surface area contributed by atoms with E-state index in [1.54, 1.807) is 6.92 Å². The summed E-state index contributed by atoms with van der Waals surface area (Å²) in [6.45, 7) is 1.79. The minimum Gasteiger partial charge on any atom is -0.476 e. The van der Waals surface area contributed by atoms with Gasteiger partial charge < -0.3 is 9.47 Å². The van der Waals surface area contributed by atoms with Crippen LogP contribution < -0.4 is 15.2 Å². The molecule has 0 amide bonds. The van der Waals surface area contributed by atoms with Gasteiger partial charge in [0.2, 0.25) is 0 Å². The van der Waals surface area contributed by atoms with E-state index in [9.17, 15) is 0 Å². The summed E-state index contributed by atoms with van der Waals surface area (Å²) in [4.78, 5) is 0. The molecule has 88 valence electrons. The lowest BCUT2D eigenvalue weighted by molar-refractivity contribution is 0.230. The highest BCUT2D eigenvalue weighted by molar-refractivity contribution is 5.35. The standard InChI is InChI=1S/C14H15NO2/c1-11(15)16-13-7-9-14(10-8-13)17-12-5-3-2-4-6-12/h2-11H,15H2,1H3. The Balaban J connectivity index is 2.03. The molecule has 0 heterocycles. The fraction of sp³-hybridized carbons (Fsp3) is 0.143. The number of benzene rings is 2. The molecule has 0 aromatic heterocycles. The number of para-hydroxylation sites is 1. The molecule has 0 aliphatic carbocycles. The van der Waals surface area contributed by atoms with E-state index in [-0.39, 0.29) is 6.23 Å². The van der Waals surface area contributed by atoms with Crippen molar-refractivity contribution in [2.24, 2.45) is 5.73 Å². The van der Waals surface area contributed by atoms with E-state index in [2.05, 4.69) is 0 Å². The highest BCUT2D eigenvalue weighted by atomic mass is 16.5. The summed E-state index contributed by atoms with van der Waals surface area (Å²) in [5, 5.41) is 0. The first-order valence-corrected chi connectivity index (χ1v) is 5.49. The molecule has 0 bridgehead atoms. The number of hydrogen-bond acceptors (Lipinski definition) is 3. The van der Waals surface area contributed by atoms with Crippen molar-refractivity contribution in [3.05, 3.63) is 54.6 Å². The van der Waals surface area contributed by atoms with Crippen LogP contribution >= 0.6 is 0 Å². The van der Waals surface area contributed by atoms with Gasteiger partial charge in [0, 0.05) is 0 Å². The fourth-order valence-corrected chi connectivity index (χ4v) is 1.43. The quantitative estimate of drug-likeness (QED) is 0.819. The minimum absolute atomic E-state index is 0.309. The van der Waals surface area contributed by atoms with Crippen LogP contribution in [0.1, 0.15) is 6.92 Å². The van der Waals surface area contributed by atoms with Crippen LogP contribution in [0.4, 0.5) is 0 Å².